The minimum absolute atomic E-state index is 0.0577. The lowest BCUT2D eigenvalue weighted by Gasteiger charge is -2.33. The molecule has 0 heterocycles. The third-order valence-electron chi connectivity index (χ3n) is 6.77. The number of carbonyl (C=O) groups is 2. The molecule has 2 amide bonds. The SMILES string of the molecule is CCCCNC(=O)C(CC)N(Cc1cccc(C)c1)C(=O)CN(c1ccc(F)cc1)S(=O)(=O)c1ccc(OCC)cc1. The molecule has 0 aromatic heterocycles. The molecule has 3 aromatic rings. The molecule has 8 nitrogen and oxygen atoms in total. The minimum Gasteiger partial charge on any atom is -0.494 e. The van der Waals surface area contributed by atoms with Crippen LogP contribution < -0.4 is 14.4 Å². The lowest BCUT2D eigenvalue weighted by atomic mass is 10.1. The first-order valence-corrected chi connectivity index (χ1v) is 15.7. The van der Waals surface area contributed by atoms with Crippen LogP contribution in [-0.4, -0.2) is 50.9 Å². The van der Waals surface area contributed by atoms with Crippen LogP contribution in [0.2, 0.25) is 0 Å². The monoisotopic (exact) mass is 597 g/mol. The molecule has 0 aliphatic rings. The zero-order chi connectivity index (χ0) is 30.7. The summed E-state index contributed by atoms with van der Waals surface area (Å²) < 4.78 is 48.1. The highest BCUT2D eigenvalue weighted by Gasteiger charge is 2.33. The summed E-state index contributed by atoms with van der Waals surface area (Å²) in [7, 11) is -4.27. The molecule has 3 rings (SSSR count). The number of hydrogen-bond acceptors (Lipinski definition) is 5. The van der Waals surface area contributed by atoms with Gasteiger partial charge in [-0.25, -0.2) is 12.8 Å². The van der Waals surface area contributed by atoms with Crippen molar-refractivity contribution in [1.29, 1.82) is 0 Å². The maximum atomic E-state index is 14.1. The highest BCUT2D eigenvalue weighted by atomic mass is 32.2. The molecule has 3 aromatic carbocycles. The van der Waals surface area contributed by atoms with Gasteiger partial charge in [-0.1, -0.05) is 50.1 Å². The number of halogens is 1. The van der Waals surface area contributed by atoms with Gasteiger partial charge in [0.1, 0.15) is 24.2 Å². The van der Waals surface area contributed by atoms with E-state index in [1.165, 1.54) is 29.2 Å². The standard InChI is InChI=1S/C32H40FN3O5S/c1-5-8-20-34-32(38)30(6-2)35(22-25-11-9-10-24(4)21-25)31(37)23-36(27-14-12-26(33)13-15-27)42(39,40)29-18-16-28(17-19-29)41-7-3/h9-19,21,30H,5-8,20,22-23H2,1-4H3,(H,34,38). The Morgan fingerprint density at radius 1 is 0.976 bits per heavy atom. The number of amides is 2. The molecular formula is C32H40FN3O5S. The first kappa shape index (κ1) is 32.6. The fraction of sp³-hybridized carbons (Fsp3) is 0.375. The van der Waals surface area contributed by atoms with Gasteiger partial charge in [-0.05, 0) is 80.8 Å². The van der Waals surface area contributed by atoms with Crippen LogP contribution in [0.3, 0.4) is 0 Å². The molecule has 0 saturated heterocycles. The molecule has 1 unspecified atom stereocenters. The summed E-state index contributed by atoms with van der Waals surface area (Å²) in [5.41, 5.74) is 1.92. The topological polar surface area (TPSA) is 96.0 Å². The van der Waals surface area contributed by atoms with Gasteiger partial charge in [0.15, 0.2) is 0 Å². The van der Waals surface area contributed by atoms with Crippen LogP contribution in [0.4, 0.5) is 10.1 Å². The fourth-order valence-electron chi connectivity index (χ4n) is 4.57. The van der Waals surface area contributed by atoms with Gasteiger partial charge in [-0.15, -0.1) is 0 Å². The second-order valence-electron chi connectivity index (χ2n) is 9.97. The number of unbranched alkanes of at least 4 members (excludes halogenated alkanes) is 1. The second kappa shape index (κ2) is 15.3. The molecule has 0 bridgehead atoms. The molecule has 0 spiro atoms. The Morgan fingerprint density at radius 3 is 2.26 bits per heavy atom. The number of hydrogen-bond donors (Lipinski definition) is 1. The van der Waals surface area contributed by atoms with Crippen LogP contribution in [0.25, 0.3) is 0 Å². The summed E-state index contributed by atoms with van der Waals surface area (Å²) in [6.07, 6.45) is 2.03. The van der Waals surface area contributed by atoms with Crippen LogP contribution >= 0.6 is 0 Å². The Morgan fingerprint density at radius 2 is 1.67 bits per heavy atom. The Labute approximate surface area is 248 Å². The first-order chi connectivity index (χ1) is 20.1. The summed E-state index contributed by atoms with van der Waals surface area (Å²) in [5.74, 6) is -0.896. The van der Waals surface area contributed by atoms with Gasteiger partial charge in [0.05, 0.1) is 17.2 Å². The van der Waals surface area contributed by atoms with Crippen LogP contribution in [0, 0.1) is 12.7 Å². The van der Waals surface area contributed by atoms with E-state index in [9.17, 15) is 22.4 Å². The van der Waals surface area contributed by atoms with E-state index in [0.717, 1.165) is 40.4 Å². The van der Waals surface area contributed by atoms with Crippen molar-refractivity contribution in [2.45, 2.75) is 64.4 Å². The molecule has 0 saturated carbocycles. The molecule has 226 valence electrons. The Hall–Kier alpha value is -3.92. The van der Waals surface area contributed by atoms with Gasteiger partial charge in [-0.3, -0.25) is 13.9 Å². The maximum absolute atomic E-state index is 14.1. The minimum atomic E-state index is -4.27. The lowest BCUT2D eigenvalue weighted by Crippen LogP contribution is -2.52. The smallest absolute Gasteiger partial charge is 0.264 e. The van der Waals surface area contributed by atoms with E-state index in [1.54, 1.807) is 12.1 Å². The highest BCUT2D eigenvalue weighted by Crippen LogP contribution is 2.26. The van der Waals surface area contributed by atoms with Gasteiger partial charge in [-0.2, -0.15) is 0 Å². The number of ether oxygens (including phenoxy) is 1. The zero-order valence-corrected chi connectivity index (χ0v) is 25.5. The van der Waals surface area contributed by atoms with Crippen molar-refractivity contribution >= 4 is 27.5 Å². The molecular weight excluding hydrogens is 557 g/mol. The summed E-state index contributed by atoms with van der Waals surface area (Å²) in [4.78, 5) is 28.7. The number of sulfonamides is 1. The number of nitrogens with one attached hydrogen (secondary N) is 1. The Kier molecular flexibility index (Phi) is 11.9. The number of carbonyl (C=O) groups excluding carboxylic acids is 2. The Bertz CT molecular complexity index is 1430. The largest absolute Gasteiger partial charge is 0.494 e. The van der Waals surface area contributed by atoms with E-state index in [0.29, 0.717) is 25.3 Å². The van der Waals surface area contributed by atoms with Gasteiger partial charge >= 0.3 is 0 Å². The lowest BCUT2D eigenvalue weighted by molar-refractivity contribution is -0.140. The van der Waals surface area contributed by atoms with Crippen molar-refractivity contribution in [3.63, 3.8) is 0 Å². The van der Waals surface area contributed by atoms with E-state index < -0.39 is 34.3 Å². The predicted molar refractivity (Wildman–Crippen MR) is 162 cm³/mol. The number of rotatable bonds is 15. The average Bonchev–Trinajstić information content (AvgIpc) is 2.97. The Balaban J connectivity index is 2.02. The third kappa shape index (κ3) is 8.55. The van der Waals surface area contributed by atoms with E-state index in [4.69, 9.17) is 4.74 Å². The summed E-state index contributed by atoms with van der Waals surface area (Å²) in [6, 6.07) is 17.6. The number of anilines is 1. The molecule has 42 heavy (non-hydrogen) atoms. The molecule has 0 aliphatic heterocycles. The van der Waals surface area contributed by atoms with E-state index in [2.05, 4.69) is 5.32 Å². The second-order valence-corrected chi connectivity index (χ2v) is 11.8. The van der Waals surface area contributed by atoms with Crippen molar-refractivity contribution in [3.05, 3.63) is 89.7 Å². The molecule has 0 aliphatic carbocycles. The van der Waals surface area contributed by atoms with Crippen molar-refractivity contribution in [1.82, 2.24) is 10.2 Å². The van der Waals surface area contributed by atoms with E-state index in [-0.39, 0.29) is 23.0 Å². The quantitative estimate of drug-likeness (QED) is 0.235. The molecule has 0 radical (unpaired) electrons. The molecule has 1 N–H and O–H groups in total. The van der Waals surface area contributed by atoms with Gasteiger partial charge in [0.25, 0.3) is 10.0 Å². The van der Waals surface area contributed by atoms with E-state index >= 15 is 0 Å². The number of benzene rings is 3. The van der Waals surface area contributed by atoms with Crippen molar-refractivity contribution in [2.75, 3.05) is 24.0 Å². The first-order valence-electron chi connectivity index (χ1n) is 14.2. The third-order valence-corrected chi connectivity index (χ3v) is 8.56. The van der Waals surface area contributed by atoms with Crippen LogP contribution in [0.5, 0.6) is 5.75 Å². The summed E-state index contributed by atoms with van der Waals surface area (Å²) in [5, 5.41) is 2.91. The number of nitrogens with zero attached hydrogens (tertiary/aromatic N) is 2. The molecule has 1 atom stereocenters. The van der Waals surface area contributed by atoms with Crippen LogP contribution in [0.1, 0.15) is 51.2 Å². The van der Waals surface area contributed by atoms with Gasteiger partial charge in [0, 0.05) is 13.1 Å². The predicted octanol–water partition coefficient (Wildman–Crippen LogP) is 5.45. The number of aryl methyl sites for hydroxylation is 1. The van der Waals surface area contributed by atoms with Gasteiger partial charge in [0.2, 0.25) is 11.8 Å². The fourth-order valence-corrected chi connectivity index (χ4v) is 5.98. The summed E-state index contributed by atoms with van der Waals surface area (Å²) >= 11 is 0. The van der Waals surface area contributed by atoms with Crippen LogP contribution in [0.15, 0.2) is 77.7 Å². The maximum Gasteiger partial charge on any atom is 0.264 e. The van der Waals surface area contributed by atoms with E-state index in [1.807, 2.05) is 52.0 Å². The zero-order valence-electron chi connectivity index (χ0n) is 24.7. The highest BCUT2D eigenvalue weighted by molar-refractivity contribution is 7.92. The van der Waals surface area contributed by atoms with Crippen LogP contribution in [-0.2, 0) is 26.2 Å². The summed E-state index contributed by atoms with van der Waals surface area (Å²) in [6.45, 7) is 8.01. The average molecular weight is 598 g/mol. The molecule has 0 fully saturated rings. The van der Waals surface area contributed by atoms with Gasteiger partial charge < -0.3 is 15.0 Å². The van der Waals surface area contributed by atoms with Crippen molar-refractivity contribution in [2.24, 2.45) is 0 Å². The van der Waals surface area contributed by atoms with Crippen molar-refractivity contribution < 1.29 is 27.1 Å². The normalized spacial score (nSPS) is 11.9. The van der Waals surface area contributed by atoms with Crippen molar-refractivity contribution in [3.8, 4) is 5.75 Å². The molecule has 10 heteroatoms.